The number of carbonyl (C=O) groups excluding carboxylic acids is 1. The topological polar surface area (TPSA) is 25.2 Å². The molecule has 0 saturated heterocycles. The molecule has 7 aromatic rings. The van der Waals surface area contributed by atoms with Crippen LogP contribution in [0.3, 0.4) is 0 Å². The van der Waals surface area contributed by atoms with Gasteiger partial charge in [0.25, 0.3) is 0 Å². The van der Waals surface area contributed by atoms with Crippen LogP contribution in [0.2, 0.25) is 10.0 Å². The Morgan fingerprint density at radius 1 is 0.694 bits per heavy atom. The second kappa shape index (κ2) is 13.9. The molecule has 0 spiro atoms. The first-order valence-electron chi connectivity index (χ1n) is 15.9. The summed E-state index contributed by atoms with van der Waals surface area (Å²) < 4.78 is 2.28. The molecule has 1 atom stereocenters. The summed E-state index contributed by atoms with van der Waals surface area (Å²) in [5, 5.41) is 3.80. The number of hydrogen-bond donors (Lipinski definition) is 0. The number of aromatic nitrogens is 1. The van der Waals surface area contributed by atoms with Gasteiger partial charge in [0.15, 0.2) is 0 Å². The molecule has 3 nitrogen and oxygen atoms in total. The third-order valence-corrected chi connectivity index (χ3v) is 9.78. The van der Waals surface area contributed by atoms with Gasteiger partial charge < -0.3 is 9.47 Å². The van der Waals surface area contributed by atoms with E-state index in [4.69, 9.17) is 46.4 Å². The SMILES string of the molecule is Cc1ccc(-c2c([C@@H]3C(=O)N(Cc4ccccc4)c4ccc(Cl)cc43)cc(-c3ccc(Cl)cc3)c3c4ccccc4n(C)c23)cc1.ClCCl. The molecule has 1 aliphatic heterocycles. The van der Waals surface area contributed by atoms with Crippen LogP contribution in [-0.2, 0) is 18.4 Å². The van der Waals surface area contributed by atoms with Crippen molar-refractivity contribution >= 4 is 79.8 Å². The number of para-hydroxylation sites is 1. The number of benzene rings is 6. The van der Waals surface area contributed by atoms with E-state index in [-0.39, 0.29) is 11.2 Å². The Morgan fingerprint density at radius 2 is 1.33 bits per heavy atom. The maximum atomic E-state index is 14.9. The minimum Gasteiger partial charge on any atom is -0.343 e. The van der Waals surface area contributed by atoms with Crippen LogP contribution in [0.4, 0.5) is 5.69 Å². The minimum atomic E-state index is -0.554. The molecule has 0 aliphatic carbocycles. The second-order valence-electron chi connectivity index (χ2n) is 12.2. The largest absolute Gasteiger partial charge is 0.343 e. The van der Waals surface area contributed by atoms with Crippen LogP contribution >= 0.6 is 46.4 Å². The Balaban J connectivity index is 0.00000122. The van der Waals surface area contributed by atoms with Gasteiger partial charge in [-0.3, -0.25) is 4.79 Å². The first-order valence-corrected chi connectivity index (χ1v) is 17.8. The normalized spacial score (nSPS) is 13.9. The van der Waals surface area contributed by atoms with Gasteiger partial charge in [-0.15, -0.1) is 23.2 Å². The highest BCUT2D eigenvalue weighted by molar-refractivity contribution is 6.40. The van der Waals surface area contributed by atoms with Crippen molar-refractivity contribution in [3.8, 4) is 22.3 Å². The Hall–Kier alpha value is -4.25. The zero-order valence-electron chi connectivity index (χ0n) is 26.9. The van der Waals surface area contributed by atoms with E-state index in [0.29, 0.717) is 16.6 Å². The number of alkyl halides is 2. The zero-order chi connectivity index (χ0) is 34.2. The summed E-state index contributed by atoms with van der Waals surface area (Å²) in [4.78, 5) is 16.8. The van der Waals surface area contributed by atoms with Crippen molar-refractivity contribution in [1.29, 1.82) is 0 Å². The number of fused-ring (bicyclic) bond motifs is 4. The van der Waals surface area contributed by atoms with Gasteiger partial charge in [-0.25, -0.2) is 0 Å². The summed E-state index contributed by atoms with van der Waals surface area (Å²) >= 11 is 22.6. The fourth-order valence-electron chi connectivity index (χ4n) is 7.14. The van der Waals surface area contributed by atoms with E-state index < -0.39 is 5.92 Å². The maximum absolute atomic E-state index is 14.9. The molecule has 49 heavy (non-hydrogen) atoms. The fraction of sp³-hybridized carbons (Fsp3) is 0.119. The number of aryl methyl sites for hydroxylation is 2. The van der Waals surface area contributed by atoms with Crippen LogP contribution in [0, 0.1) is 6.92 Å². The van der Waals surface area contributed by atoms with E-state index in [0.717, 1.165) is 66.4 Å². The summed E-state index contributed by atoms with van der Waals surface area (Å²) in [6.07, 6.45) is 0. The Morgan fingerprint density at radius 3 is 2.04 bits per heavy atom. The van der Waals surface area contributed by atoms with Gasteiger partial charge in [0.1, 0.15) is 0 Å². The monoisotopic (exact) mass is 720 g/mol. The van der Waals surface area contributed by atoms with Gasteiger partial charge in [0, 0.05) is 44.6 Å². The predicted molar refractivity (Wildman–Crippen MR) is 209 cm³/mol. The molecule has 0 saturated carbocycles. The van der Waals surface area contributed by atoms with Crippen molar-refractivity contribution in [3.63, 3.8) is 0 Å². The number of rotatable bonds is 5. The first-order chi connectivity index (χ1) is 23.8. The summed E-state index contributed by atoms with van der Waals surface area (Å²) in [6, 6.07) is 43.4. The number of amides is 1. The summed E-state index contributed by atoms with van der Waals surface area (Å²) in [5.41, 5.74) is 11.5. The quantitative estimate of drug-likeness (QED) is 0.162. The molecule has 1 aromatic heterocycles. The Bertz CT molecular complexity index is 2310. The third kappa shape index (κ3) is 6.11. The molecule has 8 rings (SSSR count). The molecule has 6 aromatic carbocycles. The molecule has 244 valence electrons. The van der Waals surface area contributed by atoms with Crippen LogP contribution in [0.15, 0.2) is 127 Å². The highest BCUT2D eigenvalue weighted by atomic mass is 35.5. The van der Waals surface area contributed by atoms with Gasteiger partial charge in [-0.1, -0.05) is 114 Å². The van der Waals surface area contributed by atoms with Crippen LogP contribution < -0.4 is 4.90 Å². The standard InChI is InChI=1S/C41H30Cl2N2O.CH2Cl2/c1-25-12-14-28(15-13-25)37-34(39-33-22-30(43)20-21-36(33)45(41(39)46)24-26-8-4-3-5-9-26)23-32(27-16-18-29(42)19-17-27)38-31-10-6-7-11-35(31)44(2)40(37)38;2-1-3/h3-23,39H,24H2,1-2H3;1H2/t39-;/m1./s1. The molecule has 7 heteroatoms. The lowest BCUT2D eigenvalue weighted by molar-refractivity contribution is -0.118. The average Bonchev–Trinajstić information content (AvgIpc) is 3.55. The number of anilines is 1. The number of halogens is 4. The first kappa shape index (κ1) is 33.3. The van der Waals surface area contributed by atoms with E-state index in [9.17, 15) is 4.79 Å². The van der Waals surface area contributed by atoms with Crippen molar-refractivity contribution in [1.82, 2.24) is 4.57 Å². The summed E-state index contributed by atoms with van der Waals surface area (Å²) in [7, 11) is 2.13. The Labute approximate surface area is 306 Å². The number of hydrogen-bond acceptors (Lipinski definition) is 1. The summed E-state index contributed by atoms with van der Waals surface area (Å²) in [6.45, 7) is 2.58. The lowest BCUT2D eigenvalue weighted by Gasteiger charge is -2.22. The van der Waals surface area contributed by atoms with E-state index in [1.165, 1.54) is 5.56 Å². The van der Waals surface area contributed by atoms with E-state index >= 15 is 0 Å². The van der Waals surface area contributed by atoms with Crippen molar-refractivity contribution in [2.24, 2.45) is 7.05 Å². The van der Waals surface area contributed by atoms with Crippen molar-refractivity contribution < 1.29 is 4.79 Å². The molecule has 0 N–H and O–H groups in total. The average molecular weight is 723 g/mol. The fourth-order valence-corrected chi connectivity index (χ4v) is 7.45. The number of nitrogens with zero attached hydrogens (tertiary/aromatic N) is 2. The van der Waals surface area contributed by atoms with Crippen LogP contribution in [0.25, 0.3) is 44.1 Å². The van der Waals surface area contributed by atoms with Gasteiger partial charge >= 0.3 is 0 Å². The van der Waals surface area contributed by atoms with Gasteiger partial charge in [0.2, 0.25) is 5.91 Å². The van der Waals surface area contributed by atoms with E-state index in [1.807, 2.05) is 53.4 Å². The van der Waals surface area contributed by atoms with Crippen LogP contribution in [0.1, 0.15) is 28.2 Å². The van der Waals surface area contributed by atoms with Crippen molar-refractivity contribution in [2.45, 2.75) is 19.4 Å². The molecule has 0 fully saturated rings. The molecule has 2 heterocycles. The number of carbonyl (C=O) groups is 1. The molecular formula is C42H32Cl4N2O. The van der Waals surface area contributed by atoms with E-state index in [1.54, 1.807) is 0 Å². The summed E-state index contributed by atoms with van der Waals surface area (Å²) in [5.74, 6) is -0.517. The highest BCUT2D eigenvalue weighted by Crippen LogP contribution is 2.51. The van der Waals surface area contributed by atoms with Crippen molar-refractivity contribution in [2.75, 3.05) is 10.2 Å². The third-order valence-electron chi connectivity index (χ3n) is 9.30. The smallest absolute Gasteiger partial charge is 0.239 e. The van der Waals surface area contributed by atoms with Gasteiger partial charge in [0.05, 0.1) is 23.3 Å². The van der Waals surface area contributed by atoms with Crippen molar-refractivity contribution in [3.05, 3.63) is 160 Å². The molecular weight excluding hydrogens is 690 g/mol. The second-order valence-corrected chi connectivity index (χ2v) is 13.9. The molecule has 0 unspecified atom stereocenters. The maximum Gasteiger partial charge on any atom is 0.239 e. The zero-order valence-corrected chi connectivity index (χ0v) is 30.0. The highest BCUT2D eigenvalue weighted by Gasteiger charge is 2.41. The van der Waals surface area contributed by atoms with Crippen LogP contribution in [0.5, 0.6) is 0 Å². The lowest BCUT2D eigenvalue weighted by atomic mass is 9.82. The predicted octanol–water partition coefficient (Wildman–Crippen LogP) is 12.4. The van der Waals surface area contributed by atoms with Gasteiger partial charge in [-0.05, 0) is 82.8 Å². The van der Waals surface area contributed by atoms with Gasteiger partial charge in [-0.2, -0.15) is 0 Å². The lowest BCUT2D eigenvalue weighted by Crippen LogP contribution is -2.28. The molecule has 1 aliphatic rings. The minimum absolute atomic E-state index is 0.0367. The molecule has 0 bridgehead atoms. The van der Waals surface area contributed by atoms with E-state index in [2.05, 4.69) is 97.4 Å². The van der Waals surface area contributed by atoms with Crippen LogP contribution in [-0.4, -0.2) is 15.8 Å². The Kier molecular flexibility index (Phi) is 9.46. The molecule has 1 amide bonds. The molecule has 0 radical (unpaired) electrons.